The van der Waals surface area contributed by atoms with Gasteiger partial charge in [-0.3, -0.25) is 9.69 Å². The number of hydrogen-bond acceptors (Lipinski definition) is 4. The number of phenols is 2. The van der Waals surface area contributed by atoms with Crippen molar-refractivity contribution in [1.82, 2.24) is 4.90 Å². The molecule has 22 heavy (non-hydrogen) atoms. The van der Waals surface area contributed by atoms with Gasteiger partial charge in [0.2, 0.25) is 0 Å². The van der Waals surface area contributed by atoms with Gasteiger partial charge in [-0.15, -0.1) is 0 Å². The Morgan fingerprint density at radius 2 is 1.77 bits per heavy atom. The fourth-order valence-electron chi connectivity index (χ4n) is 2.31. The first-order valence-corrected chi connectivity index (χ1v) is 7.34. The van der Waals surface area contributed by atoms with Crippen LogP contribution in [0.2, 0.25) is 0 Å². The molecule has 0 unspecified atom stereocenters. The van der Waals surface area contributed by atoms with E-state index in [0.29, 0.717) is 12.1 Å². The first-order valence-electron chi connectivity index (χ1n) is 7.34. The van der Waals surface area contributed by atoms with Gasteiger partial charge >= 0.3 is 0 Å². The zero-order valence-corrected chi connectivity index (χ0v) is 12.7. The Morgan fingerprint density at radius 1 is 1.05 bits per heavy atom. The molecular formula is C18H21NO3. The van der Waals surface area contributed by atoms with Gasteiger partial charge in [-0.25, -0.2) is 0 Å². The van der Waals surface area contributed by atoms with E-state index in [1.54, 1.807) is 0 Å². The largest absolute Gasteiger partial charge is 0.504 e. The molecule has 4 heteroatoms. The van der Waals surface area contributed by atoms with Crippen molar-refractivity contribution in [3.8, 4) is 11.5 Å². The molecule has 0 fully saturated rings. The molecule has 0 amide bonds. The van der Waals surface area contributed by atoms with Crippen molar-refractivity contribution >= 4 is 5.78 Å². The Kier molecular flexibility index (Phi) is 5.55. The zero-order valence-electron chi connectivity index (χ0n) is 12.7. The predicted octanol–water partition coefficient (Wildman–Crippen LogP) is 2.85. The van der Waals surface area contributed by atoms with Crippen molar-refractivity contribution in [3.63, 3.8) is 0 Å². The summed E-state index contributed by atoms with van der Waals surface area (Å²) in [5.74, 6) is -0.553. The molecule has 0 aliphatic heterocycles. The minimum atomic E-state index is -0.266. The van der Waals surface area contributed by atoms with Crippen molar-refractivity contribution in [2.45, 2.75) is 12.8 Å². The Bertz CT molecular complexity index is 625. The summed E-state index contributed by atoms with van der Waals surface area (Å²) in [4.78, 5) is 14.1. The second-order valence-corrected chi connectivity index (χ2v) is 5.45. The number of Topliss-reactive ketones (excluding diaryl/α,β-unsaturated/α-hetero) is 1. The number of carbonyl (C=O) groups excluding carboxylic acids is 1. The van der Waals surface area contributed by atoms with E-state index in [-0.39, 0.29) is 17.3 Å². The number of likely N-dealkylation sites (N-methyl/N-ethyl adjacent to an activating group) is 1. The first-order chi connectivity index (χ1) is 10.6. The number of hydrogen-bond donors (Lipinski definition) is 2. The highest BCUT2D eigenvalue weighted by molar-refractivity contribution is 5.98. The van der Waals surface area contributed by atoms with E-state index >= 15 is 0 Å². The number of aromatic hydroxyl groups is 2. The lowest BCUT2D eigenvalue weighted by Gasteiger charge is -2.15. The van der Waals surface area contributed by atoms with Crippen LogP contribution in [0.3, 0.4) is 0 Å². The highest BCUT2D eigenvalue weighted by Crippen LogP contribution is 2.25. The standard InChI is InChI=1S/C18H21NO3/c1-19(11-5-8-14-6-3-2-4-7-14)13-18(22)15-9-10-16(20)17(21)12-15/h2-4,6-7,9-10,12,20-21H,5,8,11,13H2,1H3. The minimum Gasteiger partial charge on any atom is -0.504 e. The molecule has 0 aliphatic carbocycles. The number of aryl methyl sites for hydroxylation is 1. The van der Waals surface area contributed by atoms with Crippen LogP contribution < -0.4 is 0 Å². The normalized spacial score (nSPS) is 10.8. The Balaban J connectivity index is 1.79. The van der Waals surface area contributed by atoms with Crippen LogP contribution in [-0.2, 0) is 6.42 Å². The molecule has 2 aromatic rings. The average Bonchev–Trinajstić information content (AvgIpc) is 2.51. The van der Waals surface area contributed by atoms with E-state index in [1.165, 1.54) is 23.8 Å². The number of benzene rings is 2. The van der Waals surface area contributed by atoms with Gasteiger partial charge in [0.05, 0.1) is 6.54 Å². The monoisotopic (exact) mass is 299 g/mol. The van der Waals surface area contributed by atoms with Crippen molar-refractivity contribution in [2.75, 3.05) is 20.1 Å². The Hall–Kier alpha value is -2.33. The molecule has 0 saturated heterocycles. The van der Waals surface area contributed by atoms with Crippen LogP contribution in [0.4, 0.5) is 0 Å². The quantitative estimate of drug-likeness (QED) is 0.609. The van der Waals surface area contributed by atoms with Gasteiger partial charge in [-0.1, -0.05) is 30.3 Å². The van der Waals surface area contributed by atoms with Crippen molar-refractivity contribution in [3.05, 3.63) is 59.7 Å². The highest BCUT2D eigenvalue weighted by Gasteiger charge is 2.11. The van der Waals surface area contributed by atoms with Crippen LogP contribution in [0.25, 0.3) is 0 Å². The van der Waals surface area contributed by atoms with Crippen molar-refractivity contribution < 1.29 is 15.0 Å². The summed E-state index contributed by atoms with van der Waals surface area (Å²) in [6.45, 7) is 1.11. The van der Waals surface area contributed by atoms with Gasteiger partial charge < -0.3 is 10.2 Å². The van der Waals surface area contributed by atoms with Crippen molar-refractivity contribution in [1.29, 1.82) is 0 Å². The topological polar surface area (TPSA) is 60.8 Å². The molecule has 0 spiro atoms. The number of phenolic OH excluding ortho intramolecular Hbond substituents is 2. The maximum Gasteiger partial charge on any atom is 0.176 e. The second kappa shape index (κ2) is 7.61. The maximum absolute atomic E-state index is 12.1. The van der Waals surface area contributed by atoms with E-state index < -0.39 is 0 Å². The van der Waals surface area contributed by atoms with Crippen LogP contribution in [0, 0.1) is 0 Å². The molecule has 0 saturated carbocycles. The molecule has 0 radical (unpaired) electrons. The van der Waals surface area contributed by atoms with Gasteiger partial charge in [0.1, 0.15) is 0 Å². The Labute approximate surface area is 130 Å². The lowest BCUT2D eigenvalue weighted by molar-refractivity contribution is 0.0945. The van der Waals surface area contributed by atoms with Gasteiger partial charge in [0.25, 0.3) is 0 Å². The van der Waals surface area contributed by atoms with Crippen LogP contribution >= 0.6 is 0 Å². The van der Waals surface area contributed by atoms with Gasteiger partial charge in [-0.2, -0.15) is 0 Å². The van der Waals surface area contributed by atoms with Crippen LogP contribution in [0.1, 0.15) is 22.3 Å². The summed E-state index contributed by atoms with van der Waals surface area (Å²) in [6.07, 6.45) is 1.97. The molecule has 0 heterocycles. The molecule has 116 valence electrons. The van der Waals surface area contributed by atoms with Gasteiger partial charge in [0, 0.05) is 5.56 Å². The summed E-state index contributed by atoms with van der Waals surface area (Å²) >= 11 is 0. The zero-order chi connectivity index (χ0) is 15.9. The molecular weight excluding hydrogens is 278 g/mol. The molecule has 0 aliphatic rings. The molecule has 2 rings (SSSR count). The minimum absolute atomic E-state index is 0.0717. The van der Waals surface area contributed by atoms with E-state index in [2.05, 4.69) is 12.1 Å². The SMILES string of the molecule is CN(CCCc1ccccc1)CC(=O)c1ccc(O)c(O)c1. The van der Waals surface area contributed by atoms with Crippen molar-refractivity contribution in [2.24, 2.45) is 0 Å². The molecule has 0 bridgehead atoms. The number of rotatable bonds is 7. The summed E-state index contributed by atoms with van der Waals surface area (Å²) in [6, 6.07) is 14.4. The highest BCUT2D eigenvalue weighted by atomic mass is 16.3. The lowest BCUT2D eigenvalue weighted by Crippen LogP contribution is -2.27. The fraction of sp³-hybridized carbons (Fsp3) is 0.278. The molecule has 0 atom stereocenters. The summed E-state index contributed by atoms with van der Waals surface area (Å²) in [7, 11) is 1.91. The third kappa shape index (κ3) is 4.60. The van der Waals surface area contributed by atoms with E-state index in [9.17, 15) is 15.0 Å². The average molecular weight is 299 g/mol. The summed E-state index contributed by atoms with van der Waals surface area (Å²) in [5, 5.41) is 18.7. The molecule has 2 aromatic carbocycles. The van der Waals surface area contributed by atoms with Gasteiger partial charge in [-0.05, 0) is 50.2 Å². The van der Waals surface area contributed by atoms with Crippen LogP contribution in [0.15, 0.2) is 48.5 Å². The summed E-state index contributed by atoms with van der Waals surface area (Å²) in [5.41, 5.74) is 1.70. The first kappa shape index (κ1) is 16.0. The smallest absolute Gasteiger partial charge is 0.176 e. The predicted molar refractivity (Wildman–Crippen MR) is 86.4 cm³/mol. The van der Waals surface area contributed by atoms with Crippen LogP contribution in [-0.4, -0.2) is 41.0 Å². The lowest BCUT2D eigenvalue weighted by atomic mass is 10.1. The second-order valence-electron chi connectivity index (χ2n) is 5.45. The number of carbonyl (C=O) groups is 1. The summed E-state index contributed by atoms with van der Waals surface area (Å²) < 4.78 is 0. The van der Waals surface area contributed by atoms with Crippen LogP contribution in [0.5, 0.6) is 11.5 Å². The van der Waals surface area contributed by atoms with E-state index in [4.69, 9.17) is 0 Å². The van der Waals surface area contributed by atoms with E-state index in [1.807, 2.05) is 30.1 Å². The molecule has 2 N–H and O–H groups in total. The fourth-order valence-corrected chi connectivity index (χ4v) is 2.31. The third-order valence-electron chi connectivity index (χ3n) is 3.56. The molecule has 4 nitrogen and oxygen atoms in total. The number of ketones is 1. The van der Waals surface area contributed by atoms with E-state index in [0.717, 1.165) is 19.4 Å². The number of nitrogens with zero attached hydrogens (tertiary/aromatic N) is 1. The maximum atomic E-state index is 12.1. The Morgan fingerprint density at radius 3 is 2.45 bits per heavy atom. The third-order valence-corrected chi connectivity index (χ3v) is 3.56. The van der Waals surface area contributed by atoms with Gasteiger partial charge in [0.15, 0.2) is 17.3 Å². The molecule has 0 aromatic heterocycles.